The summed E-state index contributed by atoms with van der Waals surface area (Å²) < 4.78 is 7.32. The van der Waals surface area contributed by atoms with Crippen LogP contribution in [0.2, 0.25) is 0 Å². The standard InChI is InChI=1S/C28H27N5O2S2/c1-2-25(34)33-13-4-5-21-23(33)6-3-7-24(21)35-27-26-22(12-16-37-26)30-28(31-27)29-19-8-10-20(11-9-19)32-14-17-36-18-15-32/h2-3,6-12,16H,1,4-5,13-15,17-18H2,(H,29,30,31). The van der Waals surface area contributed by atoms with Crippen LogP contribution in [-0.4, -0.2) is 47.0 Å². The highest BCUT2D eigenvalue weighted by molar-refractivity contribution is 7.99. The molecule has 6 rings (SSSR count). The third-order valence-corrected chi connectivity index (χ3v) is 8.46. The number of hydrogen-bond donors (Lipinski definition) is 1. The molecule has 0 bridgehead atoms. The number of hydrogen-bond acceptors (Lipinski definition) is 8. The Labute approximate surface area is 224 Å². The molecule has 7 nitrogen and oxygen atoms in total. The summed E-state index contributed by atoms with van der Waals surface area (Å²) in [7, 11) is 0. The third kappa shape index (κ3) is 4.89. The molecule has 2 aromatic carbocycles. The minimum Gasteiger partial charge on any atom is -0.437 e. The first kappa shape index (κ1) is 23.8. The van der Waals surface area contributed by atoms with Gasteiger partial charge in [-0.2, -0.15) is 16.7 Å². The molecule has 1 saturated heterocycles. The van der Waals surface area contributed by atoms with E-state index in [1.165, 1.54) is 23.3 Å². The predicted molar refractivity (Wildman–Crippen MR) is 154 cm³/mol. The number of carbonyl (C=O) groups is 1. The maximum atomic E-state index is 12.4. The van der Waals surface area contributed by atoms with E-state index in [9.17, 15) is 4.79 Å². The van der Waals surface area contributed by atoms with Crippen molar-refractivity contribution in [3.8, 4) is 11.6 Å². The smallest absolute Gasteiger partial charge is 0.250 e. The van der Waals surface area contributed by atoms with Crippen molar-refractivity contribution in [2.75, 3.05) is 46.3 Å². The molecule has 1 amide bonds. The van der Waals surface area contributed by atoms with Gasteiger partial charge in [0.1, 0.15) is 10.4 Å². The Hall–Kier alpha value is -3.56. The lowest BCUT2D eigenvalue weighted by Crippen LogP contribution is -2.34. The van der Waals surface area contributed by atoms with Gasteiger partial charge in [-0.15, -0.1) is 11.3 Å². The number of amides is 1. The van der Waals surface area contributed by atoms with E-state index in [-0.39, 0.29) is 5.91 Å². The highest BCUT2D eigenvalue weighted by Crippen LogP contribution is 2.39. The summed E-state index contributed by atoms with van der Waals surface area (Å²) in [6, 6.07) is 16.2. The van der Waals surface area contributed by atoms with Crippen LogP contribution in [0.4, 0.5) is 23.0 Å². The first-order valence-electron chi connectivity index (χ1n) is 12.4. The number of nitrogens with zero attached hydrogens (tertiary/aromatic N) is 4. The highest BCUT2D eigenvalue weighted by atomic mass is 32.2. The molecule has 2 aliphatic heterocycles. The Morgan fingerprint density at radius 1 is 1.05 bits per heavy atom. The maximum Gasteiger partial charge on any atom is 0.250 e. The van der Waals surface area contributed by atoms with Gasteiger partial charge in [0, 0.05) is 48.1 Å². The fourth-order valence-corrected chi connectivity index (χ4v) is 6.46. The Morgan fingerprint density at radius 3 is 2.70 bits per heavy atom. The van der Waals surface area contributed by atoms with Gasteiger partial charge >= 0.3 is 0 Å². The van der Waals surface area contributed by atoms with Crippen molar-refractivity contribution in [2.45, 2.75) is 12.8 Å². The Morgan fingerprint density at radius 2 is 1.89 bits per heavy atom. The second-order valence-corrected chi connectivity index (χ2v) is 11.1. The molecule has 4 heterocycles. The molecule has 4 aromatic rings. The van der Waals surface area contributed by atoms with Crippen molar-refractivity contribution in [2.24, 2.45) is 0 Å². The van der Waals surface area contributed by atoms with Gasteiger partial charge in [-0.05, 0) is 66.8 Å². The van der Waals surface area contributed by atoms with Crippen LogP contribution in [-0.2, 0) is 11.2 Å². The van der Waals surface area contributed by atoms with Gasteiger partial charge in [0.05, 0.1) is 11.2 Å². The SMILES string of the molecule is C=CC(=O)N1CCCc2c(Oc3nc(Nc4ccc(N5CCSCC5)cc4)nc4ccsc34)cccc21. The van der Waals surface area contributed by atoms with Crippen LogP contribution in [0, 0.1) is 0 Å². The molecule has 2 aliphatic rings. The summed E-state index contributed by atoms with van der Waals surface area (Å²) in [5.41, 5.74) is 4.87. The lowest BCUT2D eigenvalue weighted by molar-refractivity contribution is -0.114. The van der Waals surface area contributed by atoms with Gasteiger partial charge < -0.3 is 19.9 Å². The first-order chi connectivity index (χ1) is 18.2. The van der Waals surface area contributed by atoms with E-state index in [1.54, 1.807) is 16.2 Å². The van der Waals surface area contributed by atoms with Gasteiger partial charge in [-0.25, -0.2) is 4.98 Å². The van der Waals surface area contributed by atoms with E-state index in [0.29, 0.717) is 24.1 Å². The molecule has 188 valence electrons. The second-order valence-electron chi connectivity index (χ2n) is 8.91. The molecule has 37 heavy (non-hydrogen) atoms. The van der Waals surface area contributed by atoms with Gasteiger partial charge in [-0.1, -0.05) is 12.6 Å². The van der Waals surface area contributed by atoms with Crippen LogP contribution in [0.3, 0.4) is 0 Å². The fourth-order valence-electron chi connectivity index (χ4n) is 4.80. The van der Waals surface area contributed by atoms with Gasteiger partial charge in [0.2, 0.25) is 17.7 Å². The molecule has 0 radical (unpaired) electrons. The zero-order chi connectivity index (χ0) is 25.2. The summed E-state index contributed by atoms with van der Waals surface area (Å²) in [6.45, 7) is 6.49. The van der Waals surface area contributed by atoms with Gasteiger partial charge in [0.25, 0.3) is 0 Å². The molecule has 1 fully saturated rings. The molecule has 0 aliphatic carbocycles. The molecule has 9 heteroatoms. The minimum atomic E-state index is -0.0996. The number of aromatic nitrogens is 2. The highest BCUT2D eigenvalue weighted by Gasteiger charge is 2.24. The average molecular weight is 530 g/mol. The van der Waals surface area contributed by atoms with Crippen LogP contribution in [0.25, 0.3) is 10.2 Å². The Balaban J connectivity index is 1.28. The maximum absolute atomic E-state index is 12.4. The van der Waals surface area contributed by atoms with Crippen molar-refractivity contribution in [3.63, 3.8) is 0 Å². The van der Waals surface area contributed by atoms with E-state index in [2.05, 4.69) is 41.1 Å². The van der Waals surface area contributed by atoms with E-state index < -0.39 is 0 Å². The number of rotatable bonds is 6. The zero-order valence-electron chi connectivity index (χ0n) is 20.4. The molecule has 0 atom stereocenters. The van der Waals surface area contributed by atoms with Crippen LogP contribution >= 0.6 is 23.1 Å². The van der Waals surface area contributed by atoms with Crippen molar-refractivity contribution in [3.05, 3.63) is 72.1 Å². The summed E-state index contributed by atoms with van der Waals surface area (Å²) in [5, 5.41) is 5.34. The van der Waals surface area contributed by atoms with E-state index in [0.717, 1.165) is 53.1 Å². The zero-order valence-corrected chi connectivity index (χ0v) is 22.0. The number of carbonyl (C=O) groups excluding carboxylic acids is 1. The second kappa shape index (κ2) is 10.4. The quantitative estimate of drug-likeness (QED) is 0.296. The lowest BCUT2D eigenvalue weighted by atomic mass is 10.0. The largest absolute Gasteiger partial charge is 0.437 e. The number of ether oxygens (including phenoxy) is 1. The Kier molecular flexibility index (Phi) is 6.72. The molecule has 0 spiro atoms. The van der Waals surface area contributed by atoms with Gasteiger partial charge in [-0.3, -0.25) is 4.79 Å². The normalized spacial score (nSPS) is 15.4. The van der Waals surface area contributed by atoms with Crippen molar-refractivity contribution < 1.29 is 9.53 Å². The van der Waals surface area contributed by atoms with Crippen LogP contribution in [0.1, 0.15) is 12.0 Å². The first-order valence-corrected chi connectivity index (χ1v) is 14.4. The van der Waals surface area contributed by atoms with E-state index in [4.69, 9.17) is 14.7 Å². The van der Waals surface area contributed by atoms with Crippen molar-refractivity contribution >= 4 is 62.2 Å². The molecule has 0 unspecified atom stereocenters. The summed E-state index contributed by atoms with van der Waals surface area (Å²) in [6.07, 6.45) is 3.06. The number of fused-ring (bicyclic) bond motifs is 2. The molecule has 1 N–H and O–H groups in total. The molecular weight excluding hydrogens is 502 g/mol. The molecular formula is C28H27N5O2S2. The Bertz CT molecular complexity index is 1450. The molecule has 2 aromatic heterocycles. The van der Waals surface area contributed by atoms with E-state index in [1.807, 2.05) is 41.4 Å². The number of thioether (sulfide) groups is 1. The number of thiophene rings is 1. The average Bonchev–Trinajstić information content (AvgIpc) is 3.42. The minimum absolute atomic E-state index is 0.0996. The fraction of sp³-hybridized carbons (Fsp3) is 0.250. The number of benzene rings is 2. The third-order valence-electron chi connectivity index (χ3n) is 6.63. The number of anilines is 4. The van der Waals surface area contributed by atoms with Crippen LogP contribution in [0.15, 0.2) is 66.6 Å². The predicted octanol–water partition coefficient (Wildman–Crippen LogP) is 6.25. The summed E-state index contributed by atoms with van der Waals surface area (Å²) >= 11 is 3.56. The summed E-state index contributed by atoms with van der Waals surface area (Å²) in [4.78, 5) is 26.0. The van der Waals surface area contributed by atoms with Crippen molar-refractivity contribution in [1.82, 2.24) is 9.97 Å². The van der Waals surface area contributed by atoms with Crippen LogP contribution < -0.4 is 19.9 Å². The van der Waals surface area contributed by atoms with Crippen LogP contribution in [0.5, 0.6) is 11.6 Å². The van der Waals surface area contributed by atoms with Gasteiger partial charge in [0.15, 0.2) is 0 Å². The number of nitrogens with one attached hydrogen (secondary N) is 1. The monoisotopic (exact) mass is 529 g/mol. The van der Waals surface area contributed by atoms with E-state index >= 15 is 0 Å². The van der Waals surface area contributed by atoms with Crippen molar-refractivity contribution in [1.29, 1.82) is 0 Å². The summed E-state index contributed by atoms with van der Waals surface area (Å²) in [5.74, 6) is 3.94. The molecule has 0 saturated carbocycles. The lowest BCUT2D eigenvalue weighted by Gasteiger charge is -2.29. The topological polar surface area (TPSA) is 70.6 Å².